The molecule has 0 spiro atoms. The van der Waals surface area contributed by atoms with Crippen LogP contribution in [0.2, 0.25) is 5.02 Å². The van der Waals surface area contributed by atoms with E-state index in [4.69, 9.17) is 11.6 Å². The maximum atomic E-state index is 13.1. The first-order chi connectivity index (χ1) is 11.9. The predicted molar refractivity (Wildman–Crippen MR) is 95.7 cm³/mol. The zero-order chi connectivity index (χ0) is 18.0. The van der Waals surface area contributed by atoms with Gasteiger partial charge in [-0.3, -0.25) is 0 Å². The molecule has 1 aliphatic rings. The summed E-state index contributed by atoms with van der Waals surface area (Å²) in [5, 5.41) is 0.515. The molecule has 0 bridgehead atoms. The van der Waals surface area contributed by atoms with Gasteiger partial charge in [0, 0.05) is 10.6 Å². The Balaban J connectivity index is 1.67. The number of halogens is 2. The first kappa shape index (κ1) is 18.3. The number of nitrogens with zero attached hydrogens (tertiary/aromatic N) is 1. The van der Waals surface area contributed by atoms with Crippen LogP contribution in [0.1, 0.15) is 18.5 Å². The van der Waals surface area contributed by atoms with Crippen molar-refractivity contribution in [1.82, 2.24) is 4.31 Å². The predicted octanol–water partition coefficient (Wildman–Crippen LogP) is 2.13. The van der Waals surface area contributed by atoms with Crippen LogP contribution in [-0.2, 0) is 10.0 Å². The monoisotopic (exact) mass is 383 g/mol. The summed E-state index contributed by atoms with van der Waals surface area (Å²) < 4.78 is 40.0. The number of rotatable bonds is 4. The third-order valence-electron chi connectivity index (χ3n) is 4.80. The fraction of sp³-hybridized carbons (Fsp3) is 0.333. The molecule has 25 heavy (non-hydrogen) atoms. The maximum absolute atomic E-state index is 13.1. The zero-order valence-corrected chi connectivity index (χ0v) is 15.5. The molecule has 0 unspecified atom stereocenters. The van der Waals surface area contributed by atoms with Crippen molar-refractivity contribution in [2.75, 3.05) is 26.2 Å². The van der Waals surface area contributed by atoms with Gasteiger partial charge < -0.3 is 4.90 Å². The van der Waals surface area contributed by atoms with E-state index in [1.54, 1.807) is 24.3 Å². The molecule has 0 saturated carbocycles. The van der Waals surface area contributed by atoms with Crippen molar-refractivity contribution in [2.24, 2.45) is 0 Å². The number of benzene rings is 2. The molecule has 134 valence electrons. The van der Waals surface area contributed by atoms with Gasteiger partial charge in [0.2, 0.25) is 10.0 Å². The van der Waals surface area contributed by atoms with Crippen LogP contribution >= 0.6 is 11.6 Å². The Kier molecular flexibility index (Phi) is 5.43. The Morgan fingerprint density at radius 1 is 1.04 bits per heavy atom. The van der Waals surface area contributed by atoms with Crippen molar-refractivity contribution in [3.63, 3.8) is 0 Å². The molecule has 7 heteroatoms. The van der Waals surface area contributed by atoms with E-state index in [1.807, 2.05) is 0 Å². The Bertz CT molecular complexity index is 817. The second-order valence-corrected chi connectivity index (χ2v) is 8.66. The summed E-state index contributed by atoms with van der Waals surface area (Å²) >= 11 is 5.83. The maximum Gasteiger partial charge on any atom is 0.243 e. The molecule has 4 nitrogen and oxygen atoms in total. The topological polar surface area (TPSA) is 41.8 Å². The van der Waals surface area contributed by atoms with Gasteiger partial charge in [0.25, 0.3) is 0 Å². The van der Waals surface area contributed by atoms with Gasteiger partial charge in [-0.25, -0.2) is 12.8 Å². The highest BCUT2D eigenvalue weighted by Crippen LogP contribution is 2.19. The average Bonchev–Trinajstić information content (AvgIpc) is 2.62. The Morgan fingerprint density at radius 3 is 2.16 bits per heavy atom. The molecule has 1 atom stereocenters. The van der Waals surface area contributed by atoms with Crippen LogP contribution in [0.5, 0.6) is 0 Å². The molecule has 0 aliphatic carbocycles. The molecule has 3 rings (SSSR count). The van der Waals surface area contributed by atoms with E-state index in [-0.39, 0.29) is 16.8 Å². The summed E-state index contributed by atoms with van der Waals surface area (Å²) in [5.41, 5.74) is 1.06. The summed E-state index contributed by atoms with van der Waals surface area (Å²) in [5.74, 6) is -0.246. The summed E-state index contributed by atoms with van der Waals surface area (Å²) in [6, 6.07) is 13.0. The Labute approximate surface area is 152 Å². The first-order valence-corrected chi connectivity index (χ1v) is 10.1. The van der Waals surface area contributed by atoms with Crippen molar-refractivity contribution in [2.45, 2.75) is 17.9 Å². The third kappa shape index (κ3) is 4.03. The lowest BCUT2D eigenvalue weighted by Gasteiger charge is -2.35. The van der Waals surface area contributed by atoms with E-state index in [2.05, 4.69) is 6.92 Å². The second-order valence-electron chi connectivity index (χ2n) is 6.29. The Hall–Kier alpha value is -1.47. The lowest BCUT2D eigenvalue weighted by Crippen LogP contribution is -3.14. The van der Waals surface area contributed by atoms with E-state index >= 15 is 0 Å². The number of piperazine rings is 1. The fourth-order valence-electron chi connectivity index (χ4n) is 3.19. The molecule has 2 aromatic carbocycles. The largest absolute Gasteiger partial charge is 0.327 e. The first-order valence-electron chi connectivity index (χ1n) is 8.23. The van der Waals surface area contributed by atoms with Crippen LogP contribution in [0, 0.1) is 5.82 Å². The minimum Gasteiger partial charge on any atom is -0.327 e. The molecule has 1 heterocycles. The van der Waals surface area contributed by atoms with E-state index < -0.39 is 10.0 Å². The summed E-state index contributed by atoms with van der Waals surface area (Å²) in [6.45, 7) is 4.44. The van der Waals surface area contributed by atoms with Gasteiger partial charge in [0.15, 0.2) is 0 Å². The number of quaternary nitrogens is 1. The summed E-state index contributed by atoms with van der Waals surface area (Å²) in [6.07, 6.45) is 0. The van der Waals surface area contributed by atoms with Crippen LogP contribution in [0.3, 0.4) is 0 Å². The average molecular weight is 384 g/mol. The smallest absolute Gasteiger partial charge is 0.243 e. The molecule has 1 aliphatic heterocycles. The van der Waals surface area contributed by atoms with Crippen LogP contribution in [0.25, 0.3) is 0 Å². The molecule has 0 amide bonds. The SMILES string of the molecule is C[C@@H](c1ccc(F)cc1)[NH+]1CCN(S(=O)(=O)c2ccc(Cl)cc2)CC1. The Morgan fingerprint density at radius 2 is 1.60 bits per heavy atom. The van der Waals surface area contributed by atoms with Gasteiger partial charge in [-0.2, -0.15) is 4.31 Å². The van der Waals surface area contributed by atoms with Crippen molar-refractivity contribution in [1.29, 1.82) is 0 Å². The molecule has 0 aromatic heterocycles. The van der Waals surface area contributed by atoms with Gasteiger partial charge in [0.05, 0.1) is 31.1 Å². The van der Waals surface area contributed by atoms with Gasteiger partial charge in [-0.1, -0.05) is 23.7 Å². The van der Waals surface area contributed by atoms with Crippen molar-refractivity contribution in [3.05, 3.63) is 64.9 Å². The standard InChI is InChI=1S/C18H20ClFN2O2S/c1-14(15-2-6-17(20)7-3-15)21-10-12-22(13-11-21)25(23,24)18-8-4-16(19)5-9-18/h2-9,14H,10-13H2,1H3/p+1/t14-/m0/s1. The molecule has 2 aromatic rings. The lowest BCUT2D eigenvalue weighted by atomic mass is 10.1. The fourth-order valence-corrected chi connectivity index (χ4v) is 4.76. The van der Waals surface area contributed by atoms with Crippen molar-refractivity contribution < 1.29 is 17.7 Å². The molecule has 1 N–H and O–H groups in total. The molecule has 1 saturated heterocycles. The minimum atomic E-state index is -3.49. The number of hydrogen-bond acceptors (Lipinski definition) is 2. The van der Waals surface area contributed by atoms with Crippen LogP contribution < -0.4 is 4.90 Å². The van der Waals surface area contributed by atoms with E-state index in [0.717, 1.165) is 5.56 Å². The summed E-state index contributed by atoms with van der Waals surface area (Å²) in [4.78, 5) is 1.57. The molecular formula is C18H21ClFN2O2S+. The second kappa shape index (κ2) is 7.41. The van der Waals surface area contributed by atoms with Gasteiger partial charge in [-0.15, -0.1) is 0 Å². The van der Waals surface area contributed by atoms with E-state index in [0.29, 0.717) is 31.2 Å². The zero-order valence-electron chi connectivity index (χ0n) is 14.0. The van der Waals surface area contributed by atoms with Gasteiger partial charge in [0.1, 0.15) is 11.9 Å². The van der Waals surface area contributed by atoms with Crippen LogP contribution in [-0.4, -0.2) is 38.9 Å². The summed E-state index contributed by atoms with van der Waals surface area (Å²) in [7, 11) is -3.49. The third-order valence-corrected chi connectivity index (χ3v) is 6.96. The molecule has 0 radical (unpaired) electrons. The number of nitrogens with one attached hydrogen (secondary N) is 1. The highest BCUT2D eigenvalue weighted by molar-refractivity contribution is 7.89. The van der Waals surface area contributed by atoms with Gasteiger partial charge in [-0.05, 0) is 43.3 Å². The number of hydrogen-bond donors (Lipinski definition) is 1. The van der Waals surface area contributed by atoms with Crippen molar-refractivity contribution in [3.8, 4) is 0 Å². The van der Waals surface area contributed by atoms with Crippen LogP contribution in [0.15, 0.2) is 53.4 Å². The highest BCUT2D eigenvalue weighted by atomic mass is 35.5. The molecular weight excluding hydrogens is 363 g/mol. The lowest BCUT2D eigenvalue weighted by molar-refractivity contribution is -0.933. The highest BCUT2D eigenvalue weighted by Gasteiger charge is 2.32. The number of sulfonamides is 1. The van der Waals surface area contributed by atoms with Crippen molar-refractivity contribution >= 4 is 21.6 Å². The van der Waals surface area contributed by atoms with Gasteiger partial charge >= 0.3 is 0 Å². The minimum absolute atomic E-state index is 0.195. The van der Waals surface area contributed by atoms with E-state index in [9.17, 15) is 12.8 Å². The quantitative estimate of drug-likeness (QED) is 0.878. The van der Waals surface area contributed by atoms with E-state index in [1.165, 1.54) is 33.5 Å². The normalized spacial score (nSPS) is 18.2. The van der Waals surface area contributed by atoms with Crippen LogP contribution in [0.4, 0.5) is 4.39 Å². The molecule has 1 fully saturated rings.